The Morgan fingerprint density at radius 3 is 2.54 bits per heavy atom. The molecule has 1 heterocycles. The van der Waals surface area contributed by atoms with E-state index in [1.54, 1.807) is 7.11 Å². The zero-order chi connectivity index (χ0) is 17.5. The Labute approximate surface area is 144 Å². The Hall–Kier alpha value is -1.43. The first-order chi connectivity index (χ1) is 11.6. The summed E-state index contributed by atoms with van der Waals surface area (Å²) >= 11 is 0. The molecule has 0 aromatic heterocycles. The molecule has 5 nitrogen and oxygen atoms in total. The van der Waals surface area contributed by atoms with Gasteiger partial charge in [-0.1, -0.05) is 44.2 Å². The van der Waals surface area contributed by atoms with Crippen LogP contribution in [-0.2, 0) is 30.3 Å². The maximum atomic E-state index is 11.1. The van der Waals surface area contributed by atoms with Crippen molar-refractivity contribution in [2.45, 2.75) is 52.3 Å². The second-order valence-corrected chi connectivity index (χ2v) is 6.27. The average Bonchev–Trinajstić information content (AvgIpc) is 2.59. The molecule has 1 aromatic carbocycles. The molecule has 1 aromatic rings. The van der Waals surface area contributed by atoms with Gasteiger partial charge < -0.3 is 18.9 Å². The van der Waals surface area contributed by atoms with Gasteiger partial charge in [-0.2, -0.15) is 0 Å². The van der Waals surface area contributed by atoms with Crippen molar-refractivity contribution in [1.29, 1.82) is 0 Å². The summed E-state index contributed by atoms with van der Waals surface area (Å²) in [5, 5.41) is 0. The van der Waals surface area contributed by atoms with Gasteiger partial charge in [0.15, 0.2) is 6.29 Å². The predicted molar refractivity (Wildman–Crippen MR) is 90.3 cm³/mol. The molecular formula is C19H28O5. The smallest absolute Gasteiger partial charge is 0.302 e. The van der Waals surface area contributed by atoms with Crippen molar-refractivity contribution in [3.63, 3.8) is 0 Å². The molecule has 0 N–H and O–H groups in total. The van der Waals surface area contributed by atoms with Crippen LogP contribution in [0.3, 0.4) is 0 Å². The lowest BCUT2D eigenvalue weighted by molar-refractivity contribution is -0.272. The maximum absolute atomic E-state index is 11.1. The summed E-state index contributed by atoms with van der Waals surface area (Å²) in [6.45, 7) is 6.36. The molecule has 0 saturated carbocycles. The number of rotatable bonds is 7. The van der Waals surface area contributed by atoms with Crippen LogP contribution in [-0.4, -0.2) is 38.2 Å². The van der Waals surface area contributed by atoms with E-state index >= 15 is 0 Å². The van der Waals surface area contributed by atoms with Gasteiger partial charge in [0.25, 0.3) is 0 Å². The van der Waals surface area contributed by atoms with Crippen molar-refractivity contribution in [3.05, 3.63) is 35.9 Å². The highest BCUT2D eigenvalue weighted by molar-refractivity contribution is 5.65. The Balaban J connectivity index is 2.09. The van der Waals surface area contributed by atoms with Gasteiger partial charge >= 0.3 is 5.97 Å². The lowest BCUT2D eigenvalue weighted by Gasteiger charge is -2.44. The molecule has 2 rings (SSSR count). The monoisotopic (exact) mass is 336 g/mol. The summed E-state index contributed by atoms with van der Waals surface area (Å²) < 4.78 is 22.9. The molecule has 1 fully saturated rings. The maximum Gasteiger partial charge on any atom is 0.302 e. The van der Waals surface area contributed by atoms with Gasteiger partial charge in [-0.25, -0.2) is 0 Å². The third-order valence-corrected chi connectivity index (χ3v) is 4.60. The van der Waals surface area contributed by atoms with Crippen LogP contribution in [0, 0.1) is 11.8 Å². The molecule has 1 aliphatic heterocycles. The first-order valence-electron chi connectivity index (χ1n) is 8.54. The summed E-state index contributed by atoms with van der Waals surface area (Å²) in [5.41, 5.74) is 1.14. The molecule has 0 amide bonds. The molecule has 5 atom stereocenters. The van der Waals surface area contributed by atoms with Crippen molar-refractivity contribution in [1.82, 2.24) is 0 Å². The standard InChI is InChI=1S/C19H28O5/c1-5-16-17(12-22-14(3)20)24-19(21-4)13(2)18(16)23-11-15-9-7-6-8-10-15/h6-10,13,16-19H,5,11-12H2,1-4H3/t13?,16?,17?,18?,19-/m0/s1. The van der Waals surface area contributed by atoms with Crippen LogP contribution in [0.5, 0.6) is 0 Å². The minimum Gasteiger partial charge on any atom is -0.463 e. The van der Waals surface area contributed by atoms with Gasteiger partial charge in [-0.05, 0) is 12.0 Å². The van der Waals surface area contributed by atoms with E-state index in [9.17, 15) is 4.79 Å². The normalized spacial score (nSPS) is 30.1. The van der Waals surface area contributed by atoms with E-state index in [-0.39, 0.29) is 42.9 Å². The fraction of sp³-hybridized carbons (Fsp3) is 0.632. The average molecular weight is 336 g/mol. The Kier molecular flexibility index (Phi) is 7.21. The summed E-state index contributed by atoms with van der Waals surface area (Å²) in [4.78, 5) is 11.1. The molecule has 5 heteroatoms. The van der Waals surface area contributed by atoms with E-state index < -0.39 is 0 Å². The highest BCUT2D eigenvalue weighted by atomic mass is 16.7. The molecule has 1 aliphatic rings. The number of carbonyl (C=O) groups excluding carboxylic acids is 1. The SMILES string of the molecule is CCC1C(COC(C)=O)O[C@H](OC)C(C)C1OCc1ccccc1. The van der Waals surface area contributed by atoms with Crippen LogP contribution in [0.15, 0.2) is 30.3 Å². The third-order valence-electron chi connectivity index (χ3n) is 4.60. The van der Waals surface area contributed by atoms with Gasteiger partial charge in [-0.15, -0.1) is 0 Å². The van der Waals surface area contributed by atoms with Crippen molar-refractivity contribution in [3.8, 4) is 0 Å². The number of benzene rings is 1. The van der Waals surface area contributed by atoms with E-state index in [1.165, 1.54) is 6.92 Å². The van der Waals surface area contributed by atoms with Crippen LogP contribution >= 0.6 is 0 Å². The van der Waals surface area contributed by atoms with Crippen molar-refractivity contribution >= 4 is 5.97 Å². The minimum atomic E-state index is -0.367. The van der Waals surface area contributed by atoms with Crippen LogP contribution < -0.4 is 0 Å². The van der Waals surface area contributed by atoms with Gasteiger partial charge in [-0.3, -0.25) is 4.79 Å². The summed E-state index contributed by atoms with van der Waals surface area (Å²) in [6, 6.07) is 10.1. The lowest BCUT2D eigenvalue weighted by Crippen LogP contribution is -2.53. The summed E-state index contributed by atoms with van der Waals surface area (Å²) in [5.74, 6) is -0.0606. The quantitative estimate of drug-likeness (QED) is 0.716. The molecule has 0 bridgehead atoms. The Morgan fingerprint density at radius 2 is 1.96 bits per heavy atom. The highest BCUT2D eigenvalue weighted by Gasteiger charge is 2.44. The molecular weight excluding hydrogens is 308 g/mol. The number of methoxy groups -OCH3 is 1. The molecule has 0 radical (unpaired) electrons. The van der Waals surface area contributed by atoms with Gasteiger partial charge in [0.2, 0.25) is 0 Å². The van der Waals surface area contributed by atoms with Crippen molar-refractivity contribution < 1.29 is 23.7 Å². The second-order valence-electron chi connectivity index (χ2n) is 6.27. The topological polar surface area (TPSA) is 54.0 Å². The zero-order valence-corrected chi connectivity index (χ0v) is 14.9. The number of ether oxygens (including phenoxy) is 4. The first kappa shape index (κ1) is 18.9. The Morgan fingerprint density at radius 1 is 1.25 bits per heavy atom. The van der Waals surface area contributed by atoms with Crippen LogP contribution in [0.1, 0.15) is 32.8 Å². The molecule has 1 saturated heterocycles. The Bertz CT molecular complexity index is 504. The lowest BCUT2D eigenvalue weighted by atomic mass is 9.82. The predicted octanol–water partition coefficient (Wildman–Crippen LogP) is 3.17. The number of carbonyl (C=O) groups is 1. The van der Waals surface area contributed by atoms with Crippen molar-refractivity contribution in [2.75, 3.05) is 13.7 Å². The van der Waals surface area contributed by atoms with E-state index in [0.717, 1.165) is 12.0 Å². The summed E-state index contributed by atoms with van der Waals surface area (Å²) in [6.07, 6.45) is 0.274. The minimum absolute atomic E-state index is 0.0190. The number of hydrogen-bond donors (Lipinski definition) is 0. The molecule has 24 heavy (non-hydrogen) atoms. The summed E-state index contributed by atoms with van der Waals surface area (Å²) in [7, 11) is 1.63. The van der Waals surface area contributed by atoms with Crippen molar-refractivity contribution in [2.24, 2.45) is 11.8 Å². The van der Waals surface area contributed by atoms with E-state index in [1.807, 2.05) is 18.2 Å². The van der Waals surface area contributed by atoms with Crippen LogP contribution in [0.25, 0.3) is 0 Å². The van der Waals surface area contributed by atoms with Crippen LogP contribution in [0.4, 0.5) is 0 Å². The van der Waals surface area contributed by atoms with E-state index in [2.05, 4.69) is 26.0 Å². The molecule has 134 valence electrons. The second kappa shape index (κ2) is 9.16. The van der Waals surface area contributed by atoms with Gasteiger partial charge in [0.05, 0.1) is 12.7 Å². The molecule has 0 aliphatic carbocycles. The molecule has 4 unspecified atom stereocenters. The fourth-order valence-corrected chi connectivity index (χ4v) is 3.32. The zero-order valence-electron chi connectivity index (χ0n) is 14.9. The van der Waals surface area contributed by atoms with Crippen LogP contribution in [0.2, 0.25) is 0 Å². The van der Waals surface area contributed by atoms with Gasteiger partial charge in [0.1, 0.15) is 12.7 Å². The fourth-order valence-electron chi connectivity index (χ4n) is 3.32. The molecule has 0 spiro atoms. The van der Waals surface area contributed by atoms with E-state index in [4.69, 9.17) is 18.9 Å². The number of esters is 1. The third kappa shape index (κ3) is 4.79. The van der Waals surface area contributed by atoms with Gasteiger partial charge in [0, 0.05) is 25.9 Å². The first-order valence-corrected chi connectivity index (χ1v) is 8.54. The highest BCUT2D eigenvalue weighted by Crippen LogP contribution is 2.35. The number of hydrogen-bond acceptors (Lipinski definition) is 5. The van der Waals surface area contributed by atoms with E-state index in [0.29, 0.717) is 6.61 Å². The largest absolute Gasteiger partial charge is 0.463 e.